The van der Waals surface area contributed by atoms with Gasteiger partial charge in [-0.2, -0.15) is 0 Å². The number of unbranched alkanes of at least 4 members (excludes halogenated alkanes) is 6. The molecule has 0 heterocycles. The summed E-state index contributed by atoms with van der Waals surface area (Å²) in [5.74, 6) is 1.31. The van der Waals surface area contributed by atoms with E-state index in [2.05, 4.69) is 92.0 Å². The Kier molecular flexibility index (Phi) is 37.3. The first kappa shape index (κ1) is 83.8. The molecule has 4 atom stereocenters. The second kappa shape index (κ2) is 41.8. The van der Waals surface area contributed by atoms with Gasteiger partial charge in [0.05, 0.1) is 92.7 Å². The van der Waals surface area contributed by atoms with Gasteiger partial charge in [0.1, 0.15) is 23.0 Å². The molecule has 0 aliphatic heterocycles. The minimum Gasteiger partial charge on any atom is -0.507 e. The van der Waals surface area contributed by atoms with Gasteiger partial charge < -0.3 is 36.8 Å². The molecule has 2 aliphatic rings. The number of nitrogens with zero attached hydrogens (tertiary/aromatic N) is 6. The van der Waals surface area contributed by atoms with Crippen molar-refractivity contribution < 1.29 is 46.2 Å². The van der Waals surface area contributed by atoms with Crippen LogP contribution in [0.4, 0.5) is 0 Å². The SMILES string of the molecule is CCCC[N+](CCCC)(CCCC)CCC[Si](C)(C)c1cc(C)c(O)c(C=N[C@H]2CCCC[C@@H]2N=Cc2cc(C)cc(C)c2O)c1.CCCC[N+](CCCC)(CCCC)CCC[Si](C)(C)c1cc(C)c(O)c(C=N[C@H]2CCCC[C@@H]2N=Cc2cc(C)cc(C)c2O)c1.[CH3-].[Co]. The van der Waals surface area contributed by atoms with Gasteiger partial charge in [-0.3, -0.25) is 20.0 Å². The average molecular weight is 1370 g/mol. The van der Waals surface area contributed by atoms with Gasteiger partial charge in [0.2, 0.25) is 0 Å². The molecule has 0 spiro atoms. The zero-order valence-electron chi connectivity index (χ0n) is 62.7. The quantitative estimate of drug-likeness (QED) is 0.0156. The number of aryl methyl sites for hydroxylation is 6. The van der Waals surface area contributed by atoms with Crippen molar-refractivity contribution in [1.29, 1.82) is 0 Å². The van der Waals surface area contributed by atoms with Crippen LogP contribution in [-0.4, -0.2) is 147 Å². The van der Waals surface area contributed by atoms with Crippen LogP contribution in [0.1, 0.15) is 238 Å². The van der Waals surface area contributed by atoms with Crippen molar-refractivity contribution in [3.8, 4) is 23.0 Å². The Morgan fingerprint density at radius 3 is 0.830 bits per heavy atom. The summed E-state index contributed by atoms with van der Waals surface area (Å²) in [5, 5.41) is 46.2. The third-order valence-corrected chi connectivity index (χ3v) is 27.9. The van der Waals surface area contributed by atoms with E-state index in [9.17, 15) is 20.4 Å². The molecule has 0 unspecified atom stereocenters. The predicted molar refractivity (Wildman–Crippen MR) is 412 cm³/mol. The third kappa shape index (κ3) is 25.8. The number of benzene rings is 4. The van der Waals surface area contributed by atoms with Gasteiger partial charge in [-0.15, -0.1) is 0 Å². The van der Waals surface area contributed by atoms with E-state index >= 15 is 0 Å². The molecule has 0 saturated heterocycles. The van der Waals surface area contributed by atoms with Crippen LogP contribution in [0.25, 0.3) is 0 Å². The van der Waals surface area contributed by atoms with Crippen molar-refractivity contribution in [2.45, 2.75) is 287 Å². The maximum Gasteiger partial charge on any atom is 0.127 e. The van der Waals surface area contributed by atoms with E-state index < -0.39 is 16.1 Å². The van der Waals surface area contributed by atoms with Crippen LogP contribution in [0.3, 0.4) is 0 Å². The van der Waals surface area contributed by atoms with Crippen molar-refractivity contribution >= 4 is 51.4 Å². The molecule has 0 bridgehead atoms. The largest absolute Gasteiger partial charge is 0.507 e. The maximum absolute atomic E-state index is 11.1. The summed E-state index contributed by atoms with van der Waals surface area (Å²) in [6, 6.07) is 19.8. The summed E-state index contributed by atoms with van der Waals surface area (Å²) < 4.78 is 2.61. The molecule has 94 heavy (non-hydrogen) atoms. The fraction of sp³-hybridized carbons (Fsp3) is 0.642. The smallest absolute Gasteiger partial charge is 0.127 e. The molecule has 4 aromatic carbocycles. The van der Waals surface area contributed by atoms with E-state index in [0.717, 1.165) is 107 Å². The van der Waals surface area contributed by atoms with Crippen molar-refractivity contribution in [1.82, 2.24) is 0 Å². The minimum absolute atomic E-state index is 0. The van der Waals surface area contributed by atoms with Crippen LogP contribution in [0.2, 0.25) is 38.3 Å². The molecule has 0 amide bonds. The van der Waals surface area contributed by atoms with Crippen molar-refractivity contribution in [3.63, 3.8) is 0 Å². The maximum atomic E-state index is 11.1. The summed E-state index contributed by atoms with van der Waals surface area (Å²) in [5.41, 5.74) is 9.12. The number of hydrogen-bond acceptors (Lipinski definition) is 8. The van der Waals surface area contributed by atoms with E-state index in [0.29, 0.717) is 23.0 Å². The number of quaternary nitrogens is 2. The second-order valence-corrected chi connectivity index (χ2v) is 39.7. The van der Waals surface area contributed by atoms with Gasteiger partial charge >= 0.3 is 0 Å². The second-order valence-electron chi connectivity index (χ2n) is 30.0. The van der Waals surface area contributed by atoms with Gasteiger partial charge in [0, 0.05) is 63.9 Å². The zero-order valence-corrected chi connectivity index (χ0v) is 65.7. The van der Waals surface area contributed by atoms with E-state index in [1.54, 1.807) is 0 Å². The zero-order chi connectivity index (χ0) is 67.5. The number of aliphatic imine (C=N–C) groups is 4. The Hall–Kier alpha value is -4.38. The van der Waals surface area contributed by atoms with Crippen LogP contribution in [0.15, 0.2) is 68.5 Å². The van der Waals surface area contributed by atoms with E-state index in [1.165, 1.54) is 174 Å². The molecule has 0 aromatic heterocycles. The molecule has 2 fully saturated rings. The number of aromatic hydroxyl groups is 4. The fourth-order valence-corrected chi connectivity index (χ4v) is 19.6. The summed E-state index contributed by atoms with van der Waals surface area (Å²) in [4.78, 5) is 20.0. The molecular formula is C81H135CoN6O4Si2+. The van der Waals surface area contributed by atoms with Gasteiger partial charge in [-0.05, 0) is 176 Å². The molecule has 4 aromatic rings. The average Bonchev–Trinajstić information content (AvgIpc) is 0.838. The van der Waals surface area contributed by atoms with Gasteiger partial charge in [-0.25, -0.2) is 0 Å². The van der Waals surface area contributed by atoms with Gasteiger partial charge in [-0.1, -0.05) is 179 Å². The molecule has 13 heteroatoms. The number of rotatable bonds is 36. The normalized spacial score (nSPS) is 17.4. The van der Waals surface area contributed by atoms with E-state index in [4.69, 9.17) is 20.0 Å². The molecule has 10 nitrogen and oxygen atoms in total. The Labute approximate surface area is 587 Å². The molecule has 4 N–H and O–H groups in total. The molecule has 529 valence electrons. The predicted octanol–water partition coefficient (Wildman–Crippen LogP) is 19.2. The Balaban J connectivity index is 0.000000480. The molecule has 1 radical (unpaired) electrons. The fourth-order valence-electron chi connectivity index (χ4n) is 14.7. The molecule has 6 rings (SSSR count). The summed E-state index contributed by atoms with van der Waals surface area (Å²) >= 11 is 0. The minimum atomic E-state index is -1.74. The third-order valence-electron chi connectivity index (χ3n) is 21.0. The van der Waals surface area contributed by atoms with Crippen molar-refractivity contribution in [2.75, 3.05) is 52.4 Å². The van der Waals surface area contributed by atoms with Crippen LogP contribution in [0.5, 0.6) is 23.0 Å². The Morgan fingerprint density at radius 1 is 0.362 bits per heavy atom. The number of hydrogen-bond donors (Lipinski definition) is 4. The topological polar surface area (TPSA) is 130 Å². The first-order valence-electron chi connectivity index (χ1n) is 37.0. The monoisotopic (exact) mass is 1370 g/mol. The summed E-state index contributed by atoms with van der Waals surface area (Å²) in [7, 11) is -3.47. The molecule has 2 aliphatic carbocycles. The number of phenols is 4. The number of phenolic OH excluding ortho intramolecular Hbond substituents is 4. The van der Waals surface area contributed by atoms with Gasteiger partial charge in [0.15, 0.2) is 0 Å². The molecule has 2 saturated carbocycles. The van der Waals surface area contributed by atoms with Crippen LogP contribution in [-0.2, 0) is 16.8 Å². The van der Waals surface area contributed by atoms with Crippen LogP contribution < -0.4 is 10.4 Å². The summed E-state index contributed by atoms with van der Waals surface area (Å²) in [6.45, 7) is 46.6. The van der Waals surface area contributed by atoms with Gasteiger partial charge in [0.25, 0.3) is 0 Å². The first-order valence-corrected chi connectivity index (χ1v) is 43.4. The van der Waals surface area contributed by atoms with E-state index in [1.807, 2.05) is 90.7 Å². The van der Waals surface area contributed by atoms with Crippen LogP contribution >= 0.6 is 0 Å². The standard InChI is InChI=1S/2C40H65N3O2Si.CH3.Co/c2*1-9-12-20-43(21-13-10-2,22-14-11-3)23-17-24-46(7,8)36-27-33(6)40(45)35(28-36)30-42-38-19-16-15-18-37(38)41-29-34-26-31(4)25-32(5)39(34)44;;/h2*25-30,37-38H,9-24H2,1-8H3,(H-,41,42,44,45);1H3;/q;;-1;/p+2/t2*37-,38-;;/m00../s1. The van der Waals surface area contributed by atoms with Crippen molar-refractivity contribution in [2.24, 2.45) is 20.0 Å². The van der Waals surface area contributed by atoms with Crippen molar-refractivity contribution in [3.05, 3.63) is 112 Å². The Morgan fingerprint density at radius 2 is 0.585 bits per heavy atom. The molecular weight excluding hydrogens is 1240 g/mol. The van der Waals surface area contributed by atoms with Crippen LogP contribution in [0, 0.1) is 49.0 Å². The first-order chi connectivity index (χ1) is 43.9. The van der Waals surface area contributed by atoms with E-state index in [-0.39, 0.29) is 48.4 Å². The Bertz CT molecular complexity index is 2770. The summed E-state index contributed by atoms with van der Waals surface area (Å²) in [6.07, 6.45) is 34.2.